The molecule has 0 aromatic heterocycles. The number of hydrogen-bond donors (Lipinski definition) is 2. The lowest BCUT2D eigenvalue weighted by atomic mass is 9.84. The van der Waals surface area contributed by atoms with Crippen molar-refractivity contribution in [2.75, 3.05) is 5.32 Å². The van der Waals surface area contributed by atoms with Crippen molar-refractivity contribution < 1.29 is 8.42 Å². The third-order valence-electron chi connectivity index (χ3n) is 4.29. The Morgan fingerprint density at radius 1 is 1.25 bits per heavy atom. The molecule has 0 bridgehead atoms. The van der Waals surface area contributed by atoms with Crippen LogP contribution in [0.15, 0.2) is 23.1 Å². The fourth-order valence-corrected chi connectivity index (χ4v) is 3.76. The van der Waals surface area contributed by atoms with Gasteiger partial charge in [0.1, 0.15) is 0 Å². The van der Waals surface area contributed by atoms with Crippen LogP contribution >= 0.6 is 0 Å². The lowest BCUT2D eigenvalue weighted by Gasteiger charge is -2.29. The maximum Gasteiger partial charge on any atom is 0.238 e. The molecule has 1 aliphatic rings. The van der Waals surface area contributed by atoms with E-state index in [0.717, 1.165) is 24.4 Å². The van der Waals surface area contributed by atoms with Crippen LogP contribution in [0.5, 0.6) is 0 Å². The molecule has 3 N–H and O–H groups in total. The van der Waals surface area contributed by atoms with Crippen molar-refractivity contribution in [2.45, 2.75) is 56.9 Å². The SMILES string of the molecule is CCC1CCC(Nc2ccc(C)c(S(N)(=O)=O)c2)CC1. The number of sulfonamides is 1. The van der Waals surface area contributed by atoms with E-state index >= 15 is 0 Å². The molecule has 1 fully saturated rings. The second-order valence-electron chi connectivity index (χ2n) is 5.80. The summed E-state index contributed by atoms with van der Waals surface area (Å²) in [5.74, 6) is 0.853. The summed E-state index contributed by atoms with van der Waals surface area (Å²) in [6.07, 6.45) is 6.06. The second kappa shape index (κ2) is 6.14. The van der Waals surface area contributed by atoms with Gasteiger partial charge in [-0.15, -0.1) is 0 Å². The van der Waals surface area contributed by atoms with E-state index < -0.39 is 10.0 Å². The van der Waals surface area contributed by atoms with Gasteiger partial charge >= 0.3 is 0 Å². The Kier molecular flexibility index (Phi) is 4.70. The zero-order valence-corrected chi connectivity index (χ0v) is 13.0. The molecule has 1 aliphatic carbocycles. The minimum absolute atomic E-state index is 0.213. The van der Waals surface area contributed by atoms with Crippen LogP contribution in [0.3, 0.4) is 0 Å². The number of hydrogen-bond acceptors (Lipinski definition) is 3. The molecule has 1 aromatic carbocycles. The molecular weight excluding hydrogens is 272 g/mol. The van der Waals surface area contributed by atoms with Crippen molar-refractivity contribution in [2.24, 2.45) is 11.1 Å². The molecule has 20 heavy (non-hydrogen) atoms. The highest BCUT2D eigenvalue weighted by Gasteiger charge is 2.20. The number of nitrogens with two attached hydrogens (primary N) is 1. The highest BCUT2D eigenvalue weighted by molar-refractivity contribution is 7.89. The van der Waals surface area contributed by atoms with Gasteiger partial charge < -0.3 is 5.32 Å². The smallest absolute Gasteiger partial charge is 0.238 e. The summed E-state index contributed by atoms with van der Waals surface area (Å²) in [5.41, 5.74) is 1.53. The van der Waals surface area contributed by atoms with E-state index in [2.05, 4.69) is 12.2 Å². The van der Waals surface area contributed by atoms with Crippen molar-refractivity contribution in [1.82, 2.24) is 0 Å². The van der Waals surface area contributed by atoms with E-state index in [9.17, 15) is 8.42 Å². The highest BCUT2D eigenvalue weighted by atomic mass is 32.2. The van der Waals surface area contributed by atoms with Gasteiger partial charge in [-0.05, 0) is 56.2 Å². The van der Waals surface area contributed by atoms with Gasteiger partial charge in [-0.25, -0.2) is 13.6 Å². The molecule has 0 radical (unpaired) electrons. The first-order chi connectivity index (χ1) is 9.40. The number of anilines is 1. The topological polar surface area (TPSA) is 72.2 Å². The van der Waals surface area contributed by atoms with Crippen LogP contribution < -0.4 is 10.5 Å². The van der Waals surface area contributed by atoms with Gasteiger partial charge in [0.2, 0.25) is 10.0 Å². The summed E-state index contributed by atoms with van der Waals surface area (Å²) < 4.78 is 23.1. The Bertz CT molecular complexity index is 561. The van der Waals surface area contributed by atoms with Crippen LogP contribution in [-0.4, -0.2) is 14.5 Å². The molecule has 0 saturated heterocycles. The minimum Gasteiger partial charge on any atom is -0.382 e. The van der Waals surface area contributed by atoms with E-state index in [1.54, 1.807) is 19.1 Å². The predicted octanol–water partition coefficient (Wildman–Crippen LogP) is 3.02. The molecule has 0 unspecified atom stereocenters. The first kappa shape index (κ1) is 15.3. The maximum atomic E-state index is 11.5. The van der Waals surface area contributed by atoms with Gasteiger partial charge in [0, 0.05) is 11.7 Å². The van der Waals surface area contributed by atoms with Gasteiger partial charge in [0.05, 0.1) is 4.90 Å². The number of nitrogens with one attached hydrogen (secondary N) is 1. The standard InChI is InChI=1S/C15H24N2O2S/c1-3-12-5-8-13(9-6-12)17-14-7-4-11(2)15(10-14)20(16,18)19/h4,7,10,12-13,17H,3,5-6,8-9H2,1-2H3,(H2,16,18,19). The molecule has 0 aliphatic heterocycles. The Balaban J connectivity index is 2.08. The van der Waals surface area contributed by atoms with E-state index in [-0.39, 0.29) is 4.90 Å². The fourth-order valence-electron chi connectivity index (χ4n) is 2.95. The normalized spacial score (nSPS) is 23.6. The van der Waals surface area contributed by atoms with E-state index in [1.165, 1.54) is 19.3 Å². The zero-order chi connectivity index (χ0) is 14.8. The van der Waals surface area contributed by atoms with E-state index in [0.29, 0.717) is 11.6 Å². The molecule has 0 spiro atoms. The van der Waals surface area contributed by atoms with Crippen molar-refractivity contribution in [3.8, 4) is 0 Å². The van der Waals surface area contributed by atoms with E-state index in [4.69, 9.17) is 5.14 Å². The van der Waals surface area contributed by atoms with Gasteiger partial charge in [-0.3, -0.25) is 0 Å². The molecule has 5 heteroatoms. The average Bonchev–Trinajstić information content (AvgIpc) is 2.40. The first-order valence-corrected chi connectivity index (χ1v) is 8.84. The Labute approximate surface area is 121 Å². The predicted molar refractivity (Wildman–Crippen MR) is 82.2 cm³/mol. The van der Waals surface area contributed by atoms with Gasteiger partial charge in [-0.1, -0.05) is 19.4 Å². The quantitative estimate of drug-likeness (QED) is 0.897. The Morgan fingerprint density at radius 3 is 2.45 bits per heavy atom. The monoisotopic (exact) mass is 296 g/mol. The Hall–Kier alpha value is -1.07. The summed E-state index contributed by atoms with van der Waals surface area (Å²) in [4.78, 5) is 0.213. The highest BCUT2D eigenvalue weighted by Crippen LogP contribution is 2.29. The van der Waals surface area contributed by atoms with Crippen LogP contribution in [-0.2, 0) is 10.0 Å². The molecule has 112 valence electrons. The van der Waals surface area contributed by atoms with Crippen molar-refractivity contribution in [3.05, 3.63) is 23.8 Å². The van der Waals surface area contributed by atoms with Gasteiger partial charge in [0.25, 0.3) is 0 Å². The minimum atomic E-state index is -3.65. The summed E-state index contributed by atoms with van der Waals surface area (Å²) in [6, 6.07) is 5.82. The first-order valence-electron chi connectivity index (χ1n) is 7.30. The molecule has 0 heterocycles. The van der Waals surface area contributed by atoms with Gasteiger partial charge in [-0.2, -0.15) is 0 Å². The molecular formula is C15H24N2O2S. The molecule has 0 amide bonds. The summed E-state index contributed by atoms with van der Waals surface area (Å²) >= 11 is 0. The summed E-state index contributed by atoms with van der Waals surface area (Å²) in [5, 5.41) is 8.69. The zero-order valence-electron chi connectivity index (χ0n) is 12.2. The third kappa shape index (κ3) is 3.73. The fraction of sp³-hybridized carbons (Fsp3) is 0.600. The van der Waals surface area contributed by atoms with E-state index in [1.807, 2.05) is 6.07 Å². The van der Waals surface area contributed by atoms with Crippen molar-refractivity contribution in [3.63, 3.8) is 0 Å². The van der Waals surface area contributed by atoms with Crippen LogP contribution in [0, 0.1) is 12.8 Å². The molecule has 1 saturated carbocycles. The van der Waals surface area contributed by atoms with Gasteiger partial charge in [0.15, 0.2) is 0 Å². The largest absolute Gasteiger partial charge is 0.382 e. The number of rotatable bonds is 4. The van der Waals surface area contributed by atoms with Crippen LogP contribution in [0.2, 0.25) is 0 Å². The van der Waals surface area contributed by atoms with Crippen molar-refractivity contribution >= 4 is 15.7 Å². The third-order valence-corrected chi connectivity index (χ3v) is 5.34. The summed E-state index contributed by atoms with van der Waals surface area (Å²) in [7, 11) is -3.65. The number of benzene rings is 1. The van der Waals surface area contributed by atoms with Crippen LogP contribution in [0.25, 0.3) is 0 Å². The van der Waals surface area contributed by atoms with Crippen LogP contribution in [0.4, 0.5) is 5.69 Å². The molecule has 2 rings (SSSR count). The maximum absolute atomic E-state index is 11.5. The van der Waals surface area contributed by atoms with Crippen molar-refractivity contribution in [1.29, 1.82) is 0 Å². The molecule has 0 atom stereocenters. The lowest BCUT2D eigenvalue weighted by molar-refractivity contribution is 0.330. The number of aryl methyl sites for hydroxylation is 1. The Morgan fingerprint density at radius 2 is 1.90 bits per heavy atom. The lowest BCUT2D eigenvalue weighted by Crippen LogP contribution is -2.26. The molecule has 1 aromatic rings. The number of primary sulfonamides is 1. The summed E-state index contributed by atoms with van der Waals surface area (Å²) in [6.45, 7) is 4.01. The molecule has 4 nitrogen and oxygen atoms in total. The van der Waals surface area contributed by atoms with Crippen LogP contribution in [0.1, 0.15) is 44.6 Å². The second-order valence-corrected chi connectivity index (χ2v) is 7.33. The average molecular weight is 296 g/mol.